The predicted octanol–water partition coefficient (Wildman–Crippen LogP) is 3.04. The molecule has 4 saturated carbocycles. The molecule has 0 heterocycles. The van der Waals surface area contributed by atoms with Crippen LogP contribution in [-0.4, -0.2) is 37.6 Å². The first-order chi connectivity index (χ1) is 14.4. The van der Waals surface area contributed by atoms with Crippen LogP contribution >= 0.6 is 0 Å². The normalized spacial score (nSPS) is 29.8. The number of carbonyl (C=O) groups excluding carboxylic acids is 3. The van der Waals surface area contributed by atoms with E-state index < -0.39 is 17.9 Å². The molecule has 30 heavy (non-hydrogen) atoms. The first-order valence-electron chi connectivity index (χ1n) is 11.0. The Labute approximate surface area is 177 Å². The first-order valence-corrected chi connectivity index (χ1v) is 11.0. The molecule has 1 aromatic carbocycles. The minimum Gasteiger partial charge on any atom is -0.467 e. The zero-order valence-corrected chi connectivity index (χ0v) is 17.6. The van der Waals surface area contributed by atoms with Gasteiger partial charge in [-0.1, -0.05) is 30.3 Å². The summed E-state index contributed by atoms with van der Waals surface area (Å²) in [6, 6.07) is 8.58. The van der Waals surface area contributed by atoms with Crippen LogP contribution in [0.4, 0.5) is 0 Å². The van der Waals surface area contributed by atoms with Crippen molar-refractivity contribution in [3.05, 3.63) is 35.9 Å². The Hall–Kier alpha value is -2.37. The lowest BCUT2D eigenvalue weighted by atomic mass is 9.49. The highest BCUT2D eigenvalue weighted by Gasteiger charge is 2.51. The molecule has 162 valence electrons. The van der Waals surface area contributed by atoms with E-state index >= 15 is 0 Å². The van der Waals surface area contributed by atoms with Crippen LogP contribution < -0.4 is 5.32 Å². The fraction of sp³-hybridized carbons (Fsp3) is 0.625. The van der Waals surface area contributed by atoms with Crippen molar-refractivity contribution in [3.8, 4) is 0 Å². The van der Waals surface area contributed by atoms with Crippen molar-refractivity contribution in [1.82, 2.24) is 5.32 Å². The maximum Gasteiger partial charge on any atom is 0.328 e. The Morgan fingerprint density at radius 1 is 1.03 bits per heavy atom. The number of nitrogens with one attached hydrogen (secondary N) is 1. The van der Waals surface area contributed by atoms with E-state index in [9.17, 15) is 14.4 Å². The summed E-state index contributed by atoms with van der Waals surface area (Å²) in [6.07, 6.45) is 8.09. The highest BCUT2D eigenvalue weighted by atomic mass is 16.5. The third-order valence-electron chi connectivity index (χ3n) is 7.15. The van der Waals surface area contributed by atoms with Gasteiger partial charge in [-0.3, -0.25) is 9.59 Å². The van der Waals surface area contributed by atoms with Crippen molar-refractivity contribution in [2.24, 2.45) is 23.2 Å². The molecule has 4 aliphatic rings. The largest absolute Gasteiger partial charge is 0.467 e. The Bertz CT molecular complexity index is 755. The zero-order valence-electron chi connectivity index (χ0n) is 17.6. The second kappa shape index (κ2) is 8.78. The summed E-state index contributed by atoms with van der Waals surface area (Å²) in [5.41, 5.74) is 0.997. The van der Waals surface area contributed by atoms with Crippen molar-refractivity contribution in [2.45, 2.75) is 57.4 Å². The van der Waals surface area contributed by atoms with Gasteiger partial charge in [0.25, 0.3) is 5.91 Å². The molecule has 1 amide bonds. The number of hydrogen-bond acceptors (Lipinski definition) is 5. The van der Waals surface area contributed by atoms with Gasteiger partial charge in [-0.2, -0.15) is 0 Å². The number of carbonyl (C=O) groups is 3. The second-order valence-corrected chi connectivity index (χ2v) is 9.59. The van der Waals surface area contributed by atoms with Crippen LogP contribution in [0.2, 0.25) is 0 Å². The van der Waals surface area contributed by atoms with Gasteiger partial charge in [0.1, 0.15) is 6.04 Å². The molecule has 6 nitrogen and oxygen atoms in total. The van der Waals surface area contributed by atoms with Crippen molar-refractivity contribution < 1.29 is 23.9 Å². The minimum absolute atomic E-state index is 0.0875. The van der Waals surface area contributed by atoms with E-state index in [1.54, 1.807) is 0 Å². The smallest absolute Gasteiger partial charge is 0.328 e. The zero-order chi connectivity index (χ0) is 21.1. The molecule has 1 aromatic rings. The van der Waals surface area contributed by atoms with E-state index in [1.165, 1.54) is 26.4 Å². The van der Waals surface area contributed by atoms with Crippen molar-refractivity contribution in [1.29, 1.82) is 0 Å². The highest BCUT2D eigenvalue weighted by Crippen LogP contribution is 2.61. The number of rotatable bonds is 8. The summed E-state index contributed by atoms with van der Waals surface area (Å²) in [7, 11) is 1.29. The van der Waals surface area contributed by atoms with E-state index in [2.05, 4.69) is 5.32 Å². The average Bonchev–Trinajstić information content (AvgIpc) is 2.70. The van der Waals surface area contributed by atoms with Crippen LogP contribution in [0.3, 0.4) is 0 Å². The van der Waals surface area contributed by atoms with Crippen molar-refractivity contribution in [2.75, 3.05) is 13.7 Å². The van der Waals surface area contributed by atoms with Gasteiger partial charge >= 0.3 is 11.9 Å². The lowest BCUT2D eigenvalue weighted by Crippen LogP contribution is -2.47. The van der Waals surface area contributed by atoms with Crippen LogP contribution in [0, 0.1) is 23.2 Å². The molecule has 1 N–H and O–H groups in total. The standard InChI is InChI=1S/C24H31NO5/c1-29-23(28)20(10-16-5-3-2-4-6-16)25-21(26)15-30-22(27)14-24-11-17-7-18(12-24)9-19(8-17)13-24/h2-6,17-20H,7-15H2,1H3,(H,25,26)/t17?,18?,19?,20-,24?/m1/s1. The van der Waals surface area contributed by atoms with Gasteiger partial charge in [0, 0.05) is 6.42 Å². The molecule has 4 bridgehead atoms. The number of amides is 1. The van der Waals surface area contributed by atoms with Crippen LogP contribution in [0.5, 0.6) is 0 Å². The molecule has 0 spiro atoms. The van der Waals surface area contributed by atoms with Crippen molar-refractivity contribution >= 4 is 17.8 Å². The molecule has 0 aliphatic heterocycles. The summed E-state index contributed by atoms with van der Waals surface area (Å²) < 4.78 is 10.1. The molecule has 0 aromatic heterocycles. The van der Waals surface area contributed by atoms with Gasteiger partial charge in [-0.05, 0) is 67.3 Å². The van der Waals surface area contributed by atoms with Gasteiger partial charge < -0.3 is 14.8 Å². The van der Waals surface area contributed by atoms with Crippen LogP contribution in [-0.2, 0) is 30.3 Å². The summed E-state index contributed by atoms with van der Waals surface area (Å²) in [6.45, 7) is -0.368. The van der Waals surface area contributed by atoms with Crippen LogP contribution in [0.15, 0.2) is 30.3 Å². The lowest BCUT2D eigenvalue weighted by Gasteiger charge is -2.56. The third-order valence-corrected chi connectivity index (χ3v) is 7.15. The van der Waals surface area contributed by atoms with Gasteiger partial charge in [0.05, 0.1) is 13.5 Å². The maximum atomic E-state index is 12.5. The molecule has 0 radical (unpaired) electrons. The topological polar surface area (TPSA) is 81.7 Å². The fourth-order valence-electron chi connectivity index (χ4n) is 6.43. The third kappa shape index (κ3) is 4.85. The molecule has 6 heteroatoms. The molecular weight excluding hydrogens is 382 g/mol. The highest BCUT2D eigenvalue weighted by molar-refractivity contribution is 5.86. The number of methoxy groups -OCH3 is 1. The SMILES string of the molecule is COC(=O)[C@@H](Cc1ccccc1)NC(=O)COC(=O)CC12CC3CC(CC(C3)C1)C2. The van der Waals surface area contributed by atoms with Gasteiger partial charge in [0.2, 0.25) is 0 Å². The summed E-state index contributed by atoms with van der Waals surface area (Å²) >= 11 is 0. The number of esters is 2. The van der Waals surface area contributed by atoms with E-state index in [4.69, 9.17) is 9.47 Å². The van der Waals surface area contributed by atoms with E-state index in [-0.39, 0.29) is 18.0 Å². The first kappa shape index (κ1) is 20.9. The average molecular weight is 414 g/mol. The summed E-state index contributed by atoms with van der Waals surface area (Å²) in [5, 5.41) is 2.64. The molecule has 4 fully saturated rings. The Morgan fingerprint density at radius 2 is 1.63 bits per heavy atom. The van der Waals surface area contributed by atoms with E-state index in [1.807, 2.05) is 30.3 Å². The Morgan fingerprint density at radius 3 is 2.20 bits per heavy atom. The number of benzene rings is 1. The number of hydrogen-bond donors (Lipinski definition) is 1. The van der Waals surface area contributed by atoms with Gasteiger partial charge in [-0.25, -0.2) is 4.79 Å². The minimum atomic E-state index is -0.813. The predicted molar refractivity (Wildman–Crippen MR) is 110 cm³/mol. The Kier molecular flexibility index (Phi) is 6.11. The van der Waals surface area contributed by atoms with E-state index in [0.717, 1.165) is 42.6 Å². The molecule has 5 rings (SSSR count). The molecule has 4 aliphatic carbocycles. The quantitative estimate of drug-likeness (QED) is 0.663. The Balaban J connectivity index is 1.27. The van der Waals surface area contributed by atoms with Crippen LogP contribution in [0.1, 0.15) is 50.5 Å². The molecule has 0 unspecified atom stereocenters. The summed E-state index contributed by atoms with van der Waals surface area (Å²) in [4.78, 5) is 36.9. The van der Waals surface area contributed by atoms with Crippen LogP contribution in [0.25, 0.3) is 0 Å². The fourth-order valence-corrected chi connectivity index (χ4v) is 6.43. The molecule has 1 atom stereocenters. The van der Waals surface area contributed by atoms with Gasteiger partial charge in [0.15, 0.2) is 6.61 Å². The maximum absolute atomic E-state index is 12.5. The van der Waals surface area contributed by atoms with Crippen molar-refractivity contribution in [3.63, 3.8) is 0 Å². The summed E-state index contributed by atoms with van der Waals surface area (Å²) in [5.74, 6) is 1.00. The van der Waals surface area contributed by atoms with E-state index in [0.29, 0.717) is 12.8 Å². The molecule has 0 saturated heterocycles. The second-order valence-electron chi connectivity index (χ2n) is 9.59. The monoisotopic (exact) mass is 413 g/mol. The lowest BCUT2D eigenvalue weighted by molar-refractivity contribution is -0.156. The number of ether oxygens (including phenoxy) is 2. The molecular formula is C24H31NO5. The van der Waals surface area contributed by atoms with Gasteiger partial charge in [-0.15, -0.1) is 0 Å².